The molecule has 2 amide bonds. The number of nitrogens with zero attached hydrogens (tertiary/aromatic N) is 2. The first-order valence-corrected chi connectivity index (χ1v) is 9.40. The van der Waals surface area contributed by atoms with Gasteiger partial charge in [-0.2, -0.15) is 0 Å². The number of nitro groups is 1. The van der Waals surface area contributed by atoms with E-state index in [0.717, 1.165) is 24.3 Å². The number of hydrogen-bond acceptors (Lipinski definition) is 5. The monoisotopic (exact) mass is 375 g/mol. The Morgan fingerprint density at radius 2 is 2.27 bits per heavy atom. The van der Waals surface area contributed by atoms with Crippen LogP contribution in [-0.4, -0.2) is 35.1 Å². The highest BCUT2D eigenvalue weighted by Crippen LogP contribution is 2.18. The van der Waals surface area contributed by atoms with Crippen molar-refractivity contribution in [3.63, 3.8) is 0 Å². The molecule has 1 N–H and O–H groups in total. The minimum Gasteiger partial charge on any atom is -0.376 e. The zero-order valence-corrected chi connectivity index (χ0v) is 15.1. The molecule has 8 heteroatoms. The van der Waals surface area contributed by atoms with Crippen LogP contribution in [0, 0.1) is 10.1 Å². The molecule has 1 aliphatic heterocycles. The third kappa shape index (κ3) is 5.03. The lowest BCUT2D eigenvalue weighted by molar-refractivity contribution is -0.384. The summed E-state index contributed by atoms with van der Waals surface area (Å²) in [5, 5.41) is 15.7. The number of carbonyl (C=O) groups excluding carboxylic acids is 1. The fraction of sp³-hybridized carbons (Fsp3) is 0.389. The van der Waals surface area contributed by atoms with Crippen LogP contribution in [0.5, 0.6) is 0 Å². The van der Waals surface area contributed by atoms with Gasteiger partial charge in [0, 0.05) is 36.7 Å². The maximum Gasteiger partial charge on any atom is 0.318 e. The quantitative estimate of drug-likeness (QED) is 0.592. The first-order chi connectivity index (χ1) is 12.6. The normalized spacial score (nSPS) is 16.4. The standard InChI is InChI=1S/C18H21N3O4S/c22-18(19-11-14-4-1-5-15(10-14)21(23)24)20(12-16-6-2-8-25-16)13-17-7-3-9-26-17/h1,3-5,7,9-10,16H,2,6,8,11-13H2,(H,19,22). The van der Waals surface area contributed by atoms with Crippen molar-refractivity contribution in [3.8, 4) is 0 Å². The van der Waals surface area contributed by atoms with Gasteiger partial charge in [-0.15, -0.1) is 11.3 Å². The Bertz CT molecular complexity index is 745. The van der Waals surface area contributed by atoms with E-state index < -0.39 is 4.92 Å². The fourth-order valence-electron chi connectivity index (χ4n) is 2.91. The van der Waals surface area contributed by atoms with Gasteiger partial charge in [0.2, 0.25) is 0 Å². The molecule has 7 nitrogen and oxygen atoms in total. The summed E-state index contributed by atoms with van der Waals surface area (Å²) in [5.41, 5.74) is 0.715. The van der Waals surface area contributed by atoms with E-state index in [1.165, 1.54) is 12.1 Å². The van der Waals surface area contributed by atoms with Gasteiger partial charge in [0.15, 0.2) is 0 Å². The molecule has 3 rings (SSSR count). The number of nitrogens with one attached hydrogen (secondary N) is 1. The maximum atomic E-state index is 12.7. The van der Waals surface area contributed by atoms with Crippen molar-refractivity contribution in [1.29, 1.82) is 0 Å². The number of ether oxygens (including phenoxy) is 1. The lowest BCUT2D eigenvalue weighted by Gasteiger charge is -2.25. The molecule has 1 aromatic carbocycles. The highest BCUT2D eigenvalue weighted by Gasteiger charge is 2.23. The van der Waals surface area contributed by atoms with Gasteiger partial charge in [-0.3, -0.25) is 10.1 Å². The Hall–Kier alpha value is -2.45. The van der Waals surface area contributed by atoms with Crippen LogP contribution in [0.4, 0.5) is 10.5 Å². The van der Waals surface area contributed by atoms with E-state index >= 15 is 0 Å². The molecule has 0 spiro atoms. The summed E-state index contributed by atoms with van der Waals surface area (Å²) in [5.74, 6) is 0. The van der Waals surface area contributed by atoms with E-state index in [0.29, 0.717) is 18.7 Å². The zero-order chi connectivity index (χ0) is 18.4. The number of urea groups is 1. The molecule has 1 unspecified atom stereocenters. The topological polar surface area (TPSA) is 84.7 Å². The summed E-state index contributed by atoms with van der Waals surface area (Å²) in [7, 11) is 0. The van der Waals surface area contributed by atoms with Gasteiger partial charge in [-0.25, -0.2) is 4.79 Å². The predicted molar refractivity (Wildman–Crippen MR) is 99.0 cm³/mol. The van der Waals surface area contributed by atoms with E-state index in [2.05, 4.69) is 5.32 Å². The van der Waals surface area contributed by atoms with Crippen LogP contribution in [0.2, 0.25) is 0 Å². The Morgan fingerprint density at radius 3 is 2.96 bits per heavy atom. The summed E-state index contributed by atoms with van der Waals surface area (Å²) in [6, 6.07) is 10.1. The SMILES string of the molecule is O=C(NCc1cccc([N+](=O)[O-])c1)N(Cc1cccs1)CC1CCCO1. The molecular formula is C18H21N3O4S. The Kier molecular flexibility index (Phi) is 6.19. The van der Waals surface area contributed by atoms with Crippen LogP contribution in [0.3, 0.4) is 0 Å². The average molecular weight is 375 g/mol. The number of hydrogen-bond donors (Lipinski definition) is 1. The summed E-state index contributed by atoms with van der Waals surface area (Å²) >= 11 is 1.61. The lowest BCUT2D eigenvalue weighted by atomic mass is 10.2. The van der Waals surface area contributed by atoms with E-state index in [1.54, 1.807) is 28.4 Å². The third-order valence-corrected chi connectivity index (χ3v) is 5.09. The molecular weight excluding hydrogens is 354 g/mol. The van der Waals surface area contributed by atoms with Crippen LogP contribution < -0.4 is 5.32 Å². The fourth-order valence-corrected chi connectivity index (χ4v) is 3.63. The molecule has 0 radical (unpaired) electrons. The van der Waals surface area contributed by atoms with Gasteiger partial charge in [0.05, 0.1) is 17.6 Å². The average Bonchev–Trinajstić information content (AvgIpc) is 3.33. The summed E-state index contributed by atoms with van der Waals surface area (Å²) in [4.78, 5) is 26.0. The molecule has 1 saturated heterocycles. The molecule has 26 heavy (non-hydrogen) atoms. The predicted octanol–water partition coefficient (Wildman–Crippen LogP) is 3.55. The number of nitro benzene ring substituents is 1. The van der Waals surface area contributed by atoms with Gasteiger partial charge in [0.1, 0.15) is 0 Å². The molecule has 138 valence electrons. The molecule has 2 heterocycles. The third-order valence-electron chi connectivity index (χ3n) is 4.23. The van der Waals surface area contributed by atoms with E-state index in [9.17, 15) is 14.9 Å². The molecule has 0 aliphatic carbocycles. The highest BCUT2D eigenvalue weighted by atomic mass is 32.1. The van der Waals surface area contributed by atoms with Crippen molar-refractivity contribution in [3.05, 3.63) is 62.3 Å². The van der Waals surface area contributed by atoms with Crippen molar-refractivity contribution in [2.24, 2.45) is 0 Å². The van der Waals surface area contributed by atoms with Crippen molar-refractivity contribution in [1.82, 2.24) is 10.2 Å². The maximum absolute atomic E-state index is 12.7. The summed E-state index contributed by atoms with van der Waals surface area (Å²) < 4.78 is 5.66. The number of rotatable bonds is 7. The molecule has 2 aromatic rings. The van der Waals surface area contributed by atoms with Crippen LogP contribution in [-0.2, 0) is 17.8 Å². The molecule has 1 aromatic heterocycles. The lowest BCUT2D eigenvalue weighted by Crippen LogP contribution is -2.42. The number of thiophene rings is 1. The van der Waals surface area contributed by atoms with Gasteiger partial charge < -0.3 is 15.0 Å². The van der Waals surface area contributed by atoms with Crippen molar-refractivity contribution >= 4 is 23.1 Å². The van der Waals surface area contributed by atoms with Crippen LogP contribution in [0.1, 0.15) is 23.3 Å². The second kappa shape index (κ2) is 8.77. The smallest absolute Gasteiger partial charge is 0.318 e. The molecule has 0 saturated carbocycles. The second-order valence-corrected chi connectivity index (χ2v) is 7.21. The first-order valence-electron chi connectivity index (χ1n) is 8.52. The number of non-ortho nitro benzene ring substituents is 1. The molecule has 1 fully saturated rings. The Labute approximate surface area is 155 Å². The van der Waals surface area contributed by atoms with E-state index in [-0.39, 0.29) is 24.4 Å². The van der Waals surface area contributed by atoms with Crippen molar-refractivity contribution < 1.29 is 14.5 Å². The Balaban J connectivity index is 1.62. The van der Waals surface area contributed by atoms with E-state index in [1.807, 2.05) is 17.5 Å². The zero-order valence-electron chi connectivity index (χ0n) is 14.3. The van der Waals surface area contributed by atoms with Crippen molar-refractivity contribution in [2.45, 2.75) is 32.0 Å². The highest BCUT2D eigenvalue weighted by molar-refractivity contribution is 7.09. The van der Waals surface area contributed by atoms with Gasteiger partial charge in [0.25, 0.3) is 5.69 Å². The Morgan fingerprint density at radius 1 is 1.38 bits per heavy atom. The molecule has 1 atom stereocenters. The van der Waals surface area contributed by atoms with Gasteiger partial charge >= 0.3 is 6.03 Å². The van der Waals surface area contributed by atoms with Crippen LogP contribution in [0.25, 0.3) is 0 Å². The van der Waals surface area contributed by atoms with Crippen LogP contribution in [0.15, 0.2) is 41.8 Å². The van der Waals surface area contributed by atoms with E-state index in [4.69, 9.17) is 4.74 Å². The molecule has 0 bridgehead atoms. The summed E-state index contributed by atoms with van der Waals surface area (Å²) in [6.45, 7) is 2.05. The van der Waals surface area contributed by atoms with Gasteiger partial charge in [-0.1, -0.05) is 18.2 Å². The second-order valence-electron chi connectivity index (χ2n) is 6.18. The number of carbonyl (C=O) groups is 1. The minimum atomic E-state index is -0.439. The van der Waals surface area contributed by atoms with Crippen LogP contribution >= 0.6 is 11.3 Å². The van der Waals surface area contributed by atoms with Gasteiger partial charge in [-0.05, 0) is 29.9 Å². The van der Waals surface area contributed by atoms with Crippen molar-refractivity contribution in [2.75, 3.05) is 13.2 Å². The molecule has 1 aliphatic rings. The summed E-state index contributed by atoms with van der Waals surface area (Å²) in [6.07, 6.45) is 2.05. The number of benzene rings is 1. The largest absolute Gasteiger partial charge is 0.376 e. The minimum absolute atomic E-state index is 0.0200. The first kappa shape index (κ1) is 18.3. The number of amides is 2.